The first-order valence-corrected chi connectivity index (χ1v) is 5.15. The van der Waals surface area contributed by atoms with Crippen LogP contribution in [0.25, 0.3) is 5.69 Å². The van der Waals surface area contributed by atoms with Gasteiger partial charge in [-0.2, -0.15) is 9.49 Å². The third-order valence-electron chi connectivity index (χ3n) is 1.63. The van der Waals surface area contributed by atoms with E-state index in [0.717, 1.165) is 3.57 Å². The molecule has 2 rings (SSSR count). The second-order valence-corrected chi connectivity index (χ2v) is 4.05. The maximum absolute atomic E-state index is 12.5. The first-order chi connectivity index (χ1) is 6.68. The zero-order chi connectivity index (χ0) is 10.1. The van der Waals surface area contributed by atoms with Gasteiger partial charge in [0.15, 0.2) is 0 Å². The minimum atomic E-state index is -0.522. The van der Waals surface area contributed by atoms with Gasteiger partial charge in [0, 0.05) is 0 Å². The largest absolute Gasteiger partial charge is 0.226 e. The molecule has 0 bridgehead atoms. The molecule has 2 aromatic heterocycles. The van der Waals surface area contributed by atoms with Crippen LogP contribution in [0, 0.1) is 9.52 Å². The Hall–Kier alpha value is -0.690. The van der Waals surface area contributed by atoms with E-state index in [1.807, 2.05) is 0 Å². The van der Waals surface area contributed by atoms with Gasteiger partial charge >= 0.3 is 0 Å². The summed E-state index contributed by atoms with van der Waals surface area (Å²) in [6, 6.07) is 2.83. The van der Waals surface area contributed by atoms with Gasteiger partial charge in [-0.3, -0.25) is 0 Å². The molecule has 0 saturated carbocycles. The van der Waals surface area contributed by atoms with Crippen LogP contribution in [0.3, 0.4) is 0 Å². The van der Waals surface area contributed by atoms with Gasteiger partial charge < -0.3 is 0 Å². The van der Waals surface area contributed by atoms with Gasteiger partial charge in [0.1, 0.15) is 5.15 Å². The predicted octanol–water partition coefficient (Wildman–Crippen LogP) is 2.66. The number of pyridine rings is 1. The van der Waals surface area contributed by atoms with Gasteiger partial charge in [-0.25, -0.2) is 9.67 Å². The van der Waals surface area contributed by atoms with E-state index in [0.29, 0.717) is 10.8 Å². The Morgan fingerprint density at radius 2 is 2.14 bits per heavy atom. The van der Waals surface area contributed by atoms with E-state index < -0.39 is 5.95 Å². The number of hydrogen-bond acceptors (Lipinski definition) is 2. The molecule has 0 unspecified atom stereocenters. The van der Waals surface area contributed by atoms with Crippen molar-refractivity contribution in [2.24, 2.45) is 0 Å². The number of rotatable bonds is 1. The molecule has 0 radical (unpaired) electrons. The number of hydrogen-bond donors (Lipinski definition) is 0. The molecule has 2 heterocycles. The highest BCUT2D eigenvalue weighted by molar-refractivity contribution is 14.1. The highest BCUT2D eigenvalue weighted by Crippen LogP contribution is 2.20. The molecule has 6 heteroatoms. The van der Waals surface area contributed by atoms with Crippen LogP contribution in [0.1, 0.15) is 0 Å². The molecule has 0 amide bonds. The molecule has 0 spiro atoms. The Morgan fingerprint density at radius 1 is 1.36 bits per heavy atom. The first kappa shape index (κ1) is 9.85. The van der Waals surface area contributed by atoms with Gasteiger partial charge in [-0.1, -0.05) is 11.6 Å². The van der Waals surface area contributed by atoms with Crippen molar-refractivity contribution in [1.29, 1.82) is 0 Å². The summed E-state index contributed by atoms with van der Waals surface area (Å²) in [4.78, 5) is 3.52. The van der Waals surface area contributed by atoms with E-state index in [4.69, 9.17) is 11.6 Å². The Bertz CT molecular complexity index is 454. The third-order valence-corrected chi connectivity index (χ3v) is 3.10. The van der Waals surface area contributed by atoms with E-state index in [1.165, 1.54) is 16.9 Å². The summed E-state index contributed by atoms with van der Waals surface area (Å²) in [5.41, 5.74) is 0.638. The maximum Gasteiger partial charge on any atom is 0.212 e. The van der Waals surface area contributed by atoms with Crippen LogP contribution in [0.2, 0.25) is 5.15 Å². The zero-order valence-corrected chi connectivity index (χ0v) is 9.70. The fourth-order valence-electron chi connectivity index (χ4n) is 0.987. The molecule has 0 aromatic carbocycles. The average molecular weight is 323 g/mol. The van der Waals surface area contributed by atoms with E-state index in [2.05, 4.69) is 32.7 Å². The summed E-state index contributed by atoms with van der Waals surface area (Å²) >= 11 is 8.02. The lowest BCUT2D eigenvalue weighted by Gasteiger charge is -2.01. The molecule has 0 fully saturated rings. The van der Waals surface area contributed by atoms with Crippen LogP contribution >= 0.6 is 34.2 Å². The Balaban J connectivity index is 2.49. The second-order valence-electron chi connectivity index (χ2n) is 2.53. The van der Waals surface area contributed by atoms with Gasteiger partial charge in [-0.05, 0) is 34.7 Å². The van der Waals surface area contributed by atoms with E-state index >= 15 is 0 Å². The Morgan fingerprint density at radius 3 is 2.64 bits per heavy atom. The van der Waals surface area contributed by atoms with Crippen LogP contribution in [0.5, 0.6) is 0 Å². The fraction of sp³-hybridized carbons (Fsp3) is 0. The number of aromatic nitrogens is 3. The summed E-state index contributed by atoms with van der Waals surface area (Å²) < 4.78 is 14.9. The fourth-order valence-corrected chi connectivity index (χ4v) is 1.53. The van der Waals surface area contributed by atoms with Crippen molar-refractivity contribution >= 4 is 34.2 Å². The summed E-state index contributed by atoms with van der Waals surface area (Å²) in [5.74, 6) is -0.522. The molecule has 0 saturated heterocycles. The smallest absolute Gasteiger partial charge is 0.212 e. The molecule has 3 nitrogen and oxygen atoms in total. The molecule has 72 valence electrons. The molecule has 2 aromatic rings. The lowest BCUT2D eigenvalue weighted by atomic mass is 10.4. The lowest BCUT2D eigenvalue weighted by molar-refractivity contribution is 0.582. The molecule has 0 aliphatic heterocycles. The maximum atomic E-state index is 12.5. The van der Waals surface area contributed by atoms with Crippen molar-refractivity contribution in [3.8, 4) is 5.69 Å². The predicted molar refractivity (Wildman–Crippen MR) is 59.0 cm³/mol. The van der Waals surface area contributed by atoms with Crippen molar-refractivity contribution in [1.82, 2.24) is 14.8 Å². The average Bonchev–Trinajstić information content (AvgIpc) is 2.50. The van der Waals surface area contributed by atoms with Crippen LogP contribution in [0.4, 0.5) is 4.39 Å². The summed E-state index contributed by atoms with van der Waals surface area (Å²) in [5, 5.41) is 4.53. The van der Waals surface area contributed by atoms with Crippen molar-refractivity contribution in [3.05, 3.63) is 39.2 Å². The molecule has 0 aliphatic carbocycles. The monoisotopic (exact) mass is 323 g/mol. The highest BCUT2D eigenvalue weighted by atomic mass is 127. The van der Waals surface area contributed by atoms with Crippen LogP contribution in [0.15, 0.2) is 24.5 Å². The van der Waals surface area contributed by atoms with Crippen molar-refractivity contribution in [3.63, 3.8) is 0 Å². The van der Waals surface area contributed by atoms with Gasteiger partial charge in [0.25, 0.3) is 0 Å². The van der Waals surface area contributed by atoms with E-state index in [9.17, 15) is 4.39 Å². The Kier molecular flexibility index (Phi) is 2.69. The van der Waals surface area contributed by atoms with Gasteiger partial charge in [0.2, 0.25) is 5.95 Å². The molecular weight excluding hydrogens is 319 g/mol. The third kappa shape index (κ3) is 1.74. The topological polar surface area (TPSA) is 30.7 Å². The van der Waals surface area contributed by atoms with E-state index in [1.54, 1.807) is 12.3 Å². The first-order valence-electron chi connectivity index (χ1n) is 3.69. The normalized spacial score (nSPS) is 10.5. The second kappa shape index (κ2) is 3.82. The van der Waals surface area contributed by atoms with Crippen LogP contribution in [-0.2, 0) is 0 Å². The van der Waals surface area contributed by atoms with Gasteiger partial charge in [0.05, 0.1) is 21.7 Å². The molecule has 14 heavy (non-hydrogen) atoms. The molecule has 0 N–H and O–H groups in total. The summed E-state index contributed by atoms with van der Waals surface area (Å²) in [6.07, 6.45) is 3.01. The SMILES string of the molecule is Fc1ccc(-n2ncc(I)c2Cl)cn1. The number of nitrogens with zero attached hydrogens (tertiary/aromatic N) is 3. The van der Waals surface area contributed by atoms with Crippen molar-refractivity contribution in [2.75, 3.05) is 0 Å². The van der Waals surface area contributed by atoms with E-state index in [-0.39, 0.29) is 0 Å². The summed E-state index contributed by atoms with van der Waals surface area (Å²) in [6.45, 7) is 0. The highest BCUT2D eigenvalue weighted by Gasteiger charge is 2.07. The Labute approximate surface area is 98.0 Å². The standard InChI is InChI=1S/C8H4ClFIN3/c9-8-6(11)4-13-14(8)5-1-2-7(10)12-3-5/h1-4H. The number of halogens is 3. The molecule has 0 aliphatic rings. The van der Waals surface area contributed by atoms with Crippen LogP contribution in [-0.4, -0.2) is 14.8 Å². The zero-order valence-electron chi connectivity index (χ0n) is 6.78. The van der Waals surface area contributed by atoms with Crippen molar-refractivity contribution in [2.45, 2.75) is 0 Å². The van der Waals surface area contributed by atoms with Crippen LogP contribution < -0.4 is 0 Å². The molecule has 0 atom stereocenters. The lowest BCUT2D eigenvalue weighted by Crippen LogP contribution is -1.97. The minimum Gasteiger partial charge on any atom is -0.226 e. The minimum absolute atomic E-state index is 0.499. The van der Waals surface area contributed by atoms with Crippen molar-refractivity contribution < 1.29 is 4.39 Å². The summed E-state index contributed by atoms with van der Waals surface area (Å²) in [7, 11) is 0. The quantitative estimate of drug-likeness (QED) is 0.597. The van der Waals surface area contributed by atoms with Gasteiger partial charge in [-0.15, -0.1) is 0 Å². The molecular formula is C8H4ClFIN3.